The molecule has 0 radical (unpaired) electrons. The Kier molecular flexibility index (Phi) is 5.09. The van der Waals surface area contributed by atoms with Crippen molar-refractivity contribution < 1.29 is 4.79 Å². The van der Waals surface area contributed by atoms with Gasteiger partial charge in [-0.05, 0) is 31.6 Å². The molecule has 0 unspecified atom stereocenters. The number of nitrogens with two attached hydrogens (primary N) is 1. The van der Waals surface area contributed by atoms with E-state index in [2.05, 4.69) is 12.2 Å². The second-order valence-corrected chi connectivity index (χ2v) is 4.83. The van der Waals surface area contributed by atoms with Crippen molar-refractivity contribution in [1.29, 1.82) is 0 Å². The number of hydrogen-bond acceptors (Lipinski definition) is 2. The fraction of sp³-hybridized carbons (Fsp3) is 0.917. The van der Waals surface area contributed by atoms with Crippen LogP contribution in [0.15, 0.2) is 0 Å². The molecule has 1 atom stereocenters. The number of nitrogens with one attached hydrogen (secondary N) is 1. The summed E-state index contributed by atoms with van der Waals surface area (Å²) >= 11 is 0. The SMILES string of the molecule is CCC1CCC(CNC(=O)[C@@H](C)N)CC1. The smallest absolute Gasteiger partial charge is 0.236 e. The lowest BCUT2D eigenvalue weighted by Gasteiger charge is -2.28. The lowest BCUT2D eigenvalue weighted by Crippen LogP contribution is -2.41. The highest BCUT2D eigenvalue weighted by atomic mass is 16.2. The van der Waals surface area contributed by atoms with E-state index in [9.17, 15) is 4.79 Å². The predicted octanol–water partition coefficient (Wildman–Crippen LogP) is 1.67. The molecule has 0 saturated heterocycles. The van der Waals surface area contributed by atoms with E-state index in [1.807, 2.05) is 0 Å². The van der Waals surface area contributed by atoms with Crippen molar-refractivity contribution in [2.24, 2.45) is 17.6 Å². The zero-order chi connectivity index (χ0) is 11.3. The minimum atomic E-state index is -0.378. The number of amides is 1. The Labute approximate surface area is 92.8 Å². The molecule has 88 valence electrons. The van der Waals surface area contributed by atoms with Gasteiger partial charge in [0.2, 0.25) is 5.91 Å². The molecule has 0 heterocycles. The van der Waals surface area contributed by atoms with Gasteiger partial charge in [-0.1, -0.05) is 26.2 Å². The van der Waals surface area contributed by atoms with E-state index < -0.39 is 0 Å². The summed E-state index contributed by atoms with van der Waals surface area (Å²) in [6.07, 6.45) is 6.48. The molecule has 1 aliphatic rings. The maximum absolute atomic E-state index is 11.3. The van der Waals surface area contributed by atoms with Crippen LogP contribution in [0.5, 0.6) is 0 Å². The molecule has 0 aliphatic heterocycles. The maximum atomic E-state index is 11.3. The van der Waals surface area contributed by atoms with Gasteiger partial charge in [-0.25, -0.2) is 0 Å². The number of carbonyl (C=O) groups excluding carboxylic acids is 1. The summed E-state index contributed by atoms with van der Waals surface area (Å²) < 4.78 is 0. The summed E-state index contributed by atoms with van der Waals surface area (Å²) in [4.78, 5) is 11.3. The zero-order valence-electron chi connectivity index (χ0n) is 9.96. The van der Waals surface area contributed by atoms with Crippen LogP contribution in [0.4, 0.5) is 0 Å². The summed E-state index contributed by atoms with van der Waals surface area (Å²) in [5.74, 6) is 1.58. The standard InChI is InChI=1S/C12H24N2O/c1-3-10-4-6-11(7-5-10)8-14-12(15)9(2)13/h9-11H,3-8,13H2,1-2H3,(H,14,15)/t9-,10?,11?/m1/s1. The molecule has 1 saturated carbocycles. The number of hydrogen-bond donors (Lipinski definition) is 2. The normalized spacial score (nSPS) is 28.5. The van der Waals surface area contributed by atoms with E-state index >= 15 is 0 Å². The minimum absolute atomic E-state index is 0.0207. The van der Waals surface area contributed by atoms with E-state index in [0.29, 0.717) is 5.92 Å². The Hall–Kier alpha value is -0.570. The van der Waals surface area contributed by atoms with Crippen LogP contribution in [0.3, 0.4) is 0 Å². The highest BCUT2D eigenvalue weighted by molar-refractivity contribution is 5.80. The van der Waals surface area contributed by atoms with Crippen molar-refractivity contribution in [3.05, 3.63) is 0 Å². The lowest BCUT2D eigenvalue weighted by atomic mass is 9.81. The number of rotatable bonds is 4. The monoisotopic (exact) mass is 212 g/mol. The van der Waals surface area contributed by atoms with Gasteiger partial charge in [0.05, 0.1) is 6.04 Å². The fourth-order valence-corrected chi connectivity index (χ4v) is 2.25. The van der Waals surface area contributed by atoms with Gasteiger partial charge in [0.1, 0.15) is 0 Å². The average molecular weight is 212 g/mol. The van der Waals surface area contributed by atoms with Gasteiger partial charge in [0, 0.05) is 6.54 Å². The quantitative estimate of drug-likeness (QED) is 0.744. The van der Waals surface area contributed by atoms with Gasteiger partial charge in [0.25, 0.3) is 0 Å². The largest absolute Gasteiger partial charge is 0.354 e. The van der Waals surface area contributed by atoms with Crippen LogP contribution in [-0.4, -0.2) is 18.5 Å². The predicted molar refractivity (Wildman–Crippen MR) is 62.4 cm³/mol. The van der Waals surface area contributed by atoms with Crippen molar-refractivity contribution in [2.45, 2.75) is 52.0 Å². The fourth-order valence-electron chi connectivity index (χ4n) is 2.25. The highest BCUT2D eigenvalue weighted by Gasteiger charge is 2.20. The van der Waals surface area contributed by atoms with Crippen LogP contribution in [-0.2, 0) is 4.79 Å². The van der Waals surface area contributed by atoms with Crippen LogP contribution >= 0.6 is 0 Å². The Morgan fingerprint density at radius 1 is 1.33 bits per heavy atom. The molecule has 3 nitrogen and oxygen atoms in total. The highest BCUT2D eigenvalue weighted by Crippen LogP contribution is 2.29. The molecule has 15 heavy (non-hydrogen) atoms. The Bertz CT molecular complexity index is 196. The van der Waals surface area contributed by atoms with E-state index in [-0.39, 0.29) is 11.9 Å². The van der Waals surface area contributed by atoms with E-state index in [4.69, 9.17) is 5.73 Å². The van der Waals surface area contributed by atoms with Crippen molar-refractivity contribution in [1.82, 2.24) is 5.32 Å². The third-order valence-corrected chi connectivity index (χ3v) is 3.52. The molecule has 1 fully saturated rings. The Balaban J connectivity index is 2.16. The van der Waals surface area contributed by atoms with Gasteiger partial charge in [-0.3, -0.25) is 4.79 Å². The van der Waals surface area contributed by atoms with Crippen molar-refractivity contribution >= 4 is 5.91 Å². The molecule has 0 aromatic rings. The van der Waals surface area contributed by atoms with Gasteiger partial charge < -0.3 is 11.1 Å². The van der Waals surface area contributed by atoms with Crippen LogP contribution in [0.2, 0.25) is 0 Å². The molecule has 1 aliphatic carbocycles. The van der Waals surface area contributed by atoms with Crippen molar-refractivity contribution in [3.8, 4) is 0 Å². The summed E-state index contributed by atoms with van der Waals surface area (Å²) in [5.41, 5.74) is 5.48. The molecule has 0 aromatic heterocycles. The number of carbonyl (C=O) groups is 1. The first-order valence-corrected chi connectivity index (χ1v) is 6.16. The van der Waals surface area contributed by atoms with E-state index in [0.717, 1.165) is 12.5 Å². The van der Waals surface area contributed by atoms with Gasteiger partial charge in [-0.2, -0.15) is 0 Å². The molecule has 0 spiro atoms. The van der Waals surface area contributed by atoms with Crippen LogP contribution in [0.1, 0.15) is 46.0 Å². The van der Waals surface area contributed by atoms with Crippen molar-refractivity contribution in [2.75, 3.05) is 6.54 Å². The minimum Gasteiger partial charge on any atom is -0.354 e. The Morgan fingerprint density at radius 3 is 2.33 bits per heavy atom. The first-order valence-electron chi connectivity index (χ1n) is 6.16. The molecular formula is C12H24N2O. The topological polar surface area (TPSA) is 55.1 Å². The summed E-state index contributed by atoms with van der Waals surface area (Å²) in [5, 5.41) is 2.92. The van der Waals surface area contributed by atoms with Crippen LogP contribution in [0.25, 0.3) is 0 Å². The molecule has 1 amide bonds. The second-order valence-electron chi connectivity index (χ2n) is 4.83. The van der Waals surface area contributed by atoms with Gasteiger partial charge >= 0.3 is 0 Å². The first kappa shape index (κ1) is 12.5. The summed E-state index contributed by atoms with van der Waals surface area (Å²) in [6.45, 7) is 4.81. The summed E-state index contributed by atoms with van der Waals surface area (Å²) in [7, 11) is 0. The average Bonchev–Trinajstić information content (AvgIpc) is 2.26. The Morgan fingerprint density at radius 2 is 1.87 bits per heavy atom. The van der Waals surface area contributed by atoms with Gasteiger partial charge in [-0.15, -0.1) is 0 Å². The van der Waals surface area contributed by atoms with Crippen molar-refractivity contribution in [3.63, 3.8) is 0 Å². The van der Waals surface area contributed by atoms with E-state index in [1.165, 1.54) is 32.1 Å². The lowest BCUT2D eigenvalue weighted by molar-refractivity contribution is -0.122. The third kappa shape index (κ3) is 4.20. The summed E-state index contributed by atoms with van der Waals surface area (Å²) in [6, 6.07) is -0.378. The zero-order valence-corrected chi connectivity index (χ0v) is 9.96. The first-order chi connectivity index (χ1) is 7.13. The molecule has 0 bridgehead atoms. The molecule has 1 rings (SSSR count). The maximum Gasteiger partial charge on any atom is 0.236 e. The molecule has 0 aromatic carbocycles. The second kappa shape index (κ2) is 6.11. The molecular weight excluding hydrogens is 188 g/mol. The van der Waals surface area contributed by atoms with Gasteiger partial charge in [0.15, 0.2) is 0 Å². The third-order valence-electron chi connectivity index (χ3n) is 3.52. The van der Waals surface area contributed by atoms with E-state index in [1.54, 1.807) is 6.92 Å². The molecule has 3 heteroatoms. The van der Waals surface area contributed by atoms with Crippen LogP contribution < -0.4 is 11.1 Å². The molecule has 3 N–H and O–H groups in total. The van der Waals surface area contributed by atoms with Crippen LogP contribution in [0, 0.1) is 11.8 Å².